The van der Waals surface area contributed by atoms with Gasteiger partial charge in [-0.3, -0.25) is 19.2 Å². The molecular weight excluding hydrogens is 364 g/mol. The van der Waals surface area contributed by atoms with Crippen molar-refractivity contribution >= 4 is 27.4 Å². The molecule has 138 valence electrons. The van der Waals surface area contributed by atoms with Crippen LogP contribution in [0.2, 0.25) is 0 Å². The molecule has 26 heavy (non-hydrogen) atoms. The summed E-state index contributed by atoms with van der Waals surface area (Å²) in [5, 5.41) is 19.9. The van der Waals surface area contributed by atoms with Crippen LogP contribution in [-0.2, 0) is 14.8 Å². The zero-order valence-corrected chi connectivity index (χ0v) is 14.8. The second-order valence-corrected chi connectivity index (χ2v) is 7.19. The molecule has 2 rings (SSSR count). The molecule has 0 saturated carbocycles. The van der Waals surface area contributed by atoms with Gasteiger partial charge in [-0.1, -0.05) is 6.07 Å². The van der Waals surface area contributed by atoms with Gasteiger partial charge in [-0.2, -0.15) is 0 Å². The number of carbonyl (C=O) groups is 1. The van der Waals surface area contributed by atoms with Crippen LogP contribution < -0.4 is 9.04 Å². The Morgan fingerprint density at radius 3 is 2.35 bits per heavy atom. The minimum atomic E-state index is -4.29. The lowest BCUT2D eigenvalue weighted by atomic mass is 10.2. The maximum atomic E-state index is 13.0. The number of carboxylic acids is 1. The summed E-state index contributed by atoms with van der Waals surface area (Å²) in [6, 6.07) is 8.92. The second kappa shape index (κ2) is 7.40. The number of benzene rings is 2. The van der Waals surface area contributed by atoms with Crippen molar-refractivity contribution < 1.29 is 28.0 Å². The Labute approximate surface area is 149 Å². The molecule has 0 fully saturated rings. The number of ether oxygens (including phenoxy) is 1. The summed E-state index contributed by atoms with van der Waals surface area (Å²) in [5.74, 6) is -1.18. The highest BCUT2D eigenvalue weighted by Gasteiger charge is 2.29. The first-order chi connectivity index (χ1) is 12.2. The van der Waals surface area contributed by atoms with Crippen LogP contribution in [0.1, 0.15) is 5.56 Å². The number of nitrogens with zero attached hydrogens (tertiary/aromatic N) is 2. The van der Waals surface area contributed by atoms with Crippen molar-refractivity contribution in [2.75, 3.05) is 18.0 Å². The molecule has 10 heteroatoms. The number of aryl methyl sites for hydroxylation is 1. The maximum absolute atomic E-state index is 13.0. The molecule has 0 aromatic heterocycles. The fourth-order valence-corrected chi connectivity index (χ4v) is 3.70. The Kier molecular flexibility index (Phi) is 5.46. The zero-order chi connectivity index (χ0) is 19.5. The second-order valence-electron chi connectivity index (χ2n) is 5.33. The molecule has 1 N–H and O–H groups in total. The van der Waals surface area contributed by atoms with Gasteiger partial charge in [-0.25, -0.2) is 8.42 Å². The van der Waals surface area contributed by atoms with Crippen LogP contribution in [-0.4, -0.2) is 38.1 Å². The first-order valence-corrected chi connectivity index (χ1v) is 8.74. The Morgan fingerprint density at radius 1 is 1.23 bits per heavy atom. The first kappa shape index (κ1) is 19.2. The largest absolute Gasteiger partial charge is 0.495 e. The quantitative estimate of drug-likeness (QED) is 0.576. The lowest BCUT2D eigenvalue weighted by Gasteiger charge is -2.24. The number of aliphatic carboxylic acids is 1. The highest BCUT2D eigenvalue weighted by molar-refractivity contribution is 7.92. The van der Waals surface area contributed by atoms with Crippen LogP contribution in [0, 0.1) is 17.0 Å². The number of rotatable bonds is 7. The molecule has 0 radical (unpaired) electrons. The Balaban J connectivity index is 2.60. The normalized spacial score (nSPS) is 11.0. The average molecular weight is 380 g/mol. The Morgan fingerprint density at radius 2 is 1.85 bits per heavy atom. The van der Waals surface area contributed by atoms with E-state index in [1.807, 2.05) is 0 Å². The van der Waals surface area contributed by atoms with E-state index in [9.17, 15) is 23.3 Å². The van der Waals surface area contributed by atoms with Crippen molar-refractivity contribution in [2.24, 2.45) is 0 Å². The molecule has 0 bridgehead atoms. The topological polar surface area (TPSA) is 127 Å². The molecule has 0 unspecified atom stereocenters. The SMILES string of the molecule is COc1ccc(C)cc1N(CC(=O)O)S(=O)(=O)c1ccc([N+](=O)[O-])cc1. The standard InChI is InChI=1S/C16H16N2O7S/c1-11-3-8-15(25-2)14(9-11)17(10-16(19)20)26(23,24)13-6-4-12(5-7-13)18(21)22/h3-9H,10H2,1-2H3,(H,19,20). The molecule has 9 nitrogen and oxygen atoms in total. The third kappa shape index (κ3) is 3.91. The summed E-state index contributed by atoms with van der Waals surface area (Å²) in [6.07, 6.45) is 0. The van der Waals surface area contributed by atoms with Gasteiger partial charge in [0.05, 0.1) is 22.6 Å². The summed E-state index contributed by atoms with van der Waals surface area (Å²) in [5.41, 5.74) is 0.491. The summed E-state index contributed by atoms with van der Waals surface area (Å²) in [6.45, 7) is 0.888. The van der Waals surface area contributed by atoms with Crippen LogP contribution >= 0.6 is 0 Å². The van der Waals surface area contributed by atoms with E-state index in [0.29, 0.717) is 9.87 Å². The van der Waals surface area contributed by atoms with Crippen molar-refractivity contribution in [3.8, 4) is 5.75 Å². The van der Waals surface area contributed by atoms with E-state index in [1.165, 1.54) is 19.2 Å². The van der Waals surface area contributed by atoms with Crippen LogP contribution in [0.4, 0.5) is 11.4 Å². The number of non-ortho nitro benzene ring substituents is 1. The highest BCUT2D eigenvalue weighted by atomic mass is 32.2. The zero-order valence-electron chi connectivity index (χ0n) is 13.9. The van der Waals surface area contributed by atoms with E-state index in [2.05, 4.69) is 0 Å². The predicted molar refractivity (Wildman–Crippen MR) is 93.0 cm³/mol. The van der Waals surface area contributed by atoms with Crippen molar-refractivity contribution in [3.05, 3.63) is 58.1 Å². The number of methoxy groups -OCH3 is 1. The number of anilines is 1. The van der Waals surface area contributed by atoms with Crippen molar-refractivity contribution in [2.45, 2.75) is 11.8 Å². The van der Waals surface area contributed by atoms with Crippen molar-refractivity contribution in [1.82, 2.24) is 0 Å². The van der Waals surface area contributed by atoms with E-state index in [1.54, 1.807) is 13.0 Å². The van der Waals surface area contributed by atoms with Crippen LogP contribution in [0.5, 0.6) is 5.75 Å². The summed E-state index contributed by atoms with van der Waals surface area (Å²) < 4.78 is 31.8. The van der Waals surface area contributed by atoms with Gasteiger partial charge in [0.1, 0.15) is 12.3 Å². The highest BCUT2D eigenvalue weighted by Crippen LogP contribution is 2.33. The van der Waals surface area contributed by atoms with Gasteiger partial charge in [0.15, 0.2) is 0 Å². The molecule has 0 aliphatic carbocycles. The van der Waals surface area contributed by atoms with Crippen LogP contribution in [0.15, 0.2) is 47.4 Å². The molecule has 0 spiro atoms. The Bertz CT molecular complexity index is 940. The molecule has 2 aromatic carbocycles. The molecule has 0 atom stereocenters. The monoisotopic (exact) mass is 380 g/mol. The van der Waals surface area contributed by atoms with Gasteiger partial charge in [0.2, 0.25) is 0 Å². The molecule has 0 saturated heterocycles. The van der Waals surface area contributed by atoms with E-state index in [0.717, 1.165) is 24.3 Å². The van der Waals surface area contributed by atoms with Crippen molar-refractivity contribution in [1.29, 1.82) is 0 Å². The molecular formula is C16H16N2O7S. The lowest BCUT2D eigenvalue weighted by Crippen LogP contribution is -2.36. The van der Waals surface area contributed by atoms with Crippen LogP contribution in [0.25, 0.3) is 0 Å². The van der Waals surface area contributed by atoms with Gasteiger partial charge in [-0.15, -0.1) is 0 Å². The number of hydrogen-bond donors (Lipinski definition) is 1. The van der Waals surface area contributed by atoms with E-state index >= 15 is 0 Å². The Hall–Kier alpha value is -3.14. The van der Waals surface area contributed by atoms with Gasteiger partial charge < -0.3 is 9.84 Å². The molecule has 0 amide bonds. The fraction of sp³-hybridized carbons (Fsp3) is 0.188. The number of hydrogen-bond acceptors (Lipinski definition) is 6. The fourth-order valence-electron chi connectivity index (χ4n) is 2.28. The lowest BCUT2D eigenvalue weighted by molar-refractivity contribution is -0.384. The summed E-state index contributed by atoms with van der Waals surface area (Å²) in [4.78, 5) is 21.1. The minimum absolute atomic E-state index is 0.0632. The van der Waals surface area contributed by atoms with Gasteiger partial charge in [-0.05, 0) is 36.8 Å². The van der Waals surface area contributed by atoms with E-state index in [-0.39, 0.29) is 22.0 Å². The number of carboxylic acid groups (broad SMARTS) is 1. The van der Waals surface area contributed by atoms with Crippen molar-refractivity contribution in [3.63, 3.8) is 0 Å². The van der Waals surface area contributed by atoms with Gasteiger partial charge in [0.25, 0.3) is 15.7 Å². The van der Waals surface area contributed by atoms with Gasteiger partial charge >= 0.3 is 5.97 Å². The predicted octanol–water partition coefficient (Wildman–Crippen LogP) is 2.19. The average Bonchev–Trinajstić information content (AvgIpc) is 2.59. The van der Waals surface area contributed by atoms with E-state index in [4.69, 9.17) is 9.84 Å². The van der Waals surface area contributed by atoms with E-state index < -0.39 is 27.5 Å². The molecule has 2 aromatic rings. The molecule has 0 heterocycles. The number of sulfonamides is 1. The molecule has 0 aliphatic heterocycles. The van der Waals surface area contributed by atoms with Crippen LogP contribution in [0.3, 0.4) is 0 Å². The van der Waals surface area contributed by atoms with Gasteiger partial charge in [0, 0.05) is 12.1 Å². The number of nitro groups is 1. The third-order valence-electron chi connectivity index (χ3n) is 3.52. The first-order valence-electron chi connectivity index (χ1n) is 7.30. The minimum Gasteiger partial charge on any atom is -0.495 e. The molecule has 0 aliphatic rings. The third-order valence-corrected chi connectivity index (χ3v) is 5.29. The summed E-state index contributed by atoms with van der Waals surface area (Å²) >= 11 is 0. The summed E-state index contributed by atoms with van der Waals surface area (Å²) in [7, 11) is -2.95. The smallest absolute Gasteiger partial charge is 0.324 e. The number of nitro benzene ring substituents is 1. The maximum Gasteiger partial charge on any atom is 0.324 e.